The molecular formula is C13H17ClN2O4S. The van der Waals surface area contributed by atoms with Crippen molar-refractivity contribution in [1.82, 2.24) is 5.32 Å². The second-order valence-electron chi connectivity index (χ2n) is 5.21. The maximum atomic E-state index is 12.2. The number of nitrogens with one attached hydrogen (secondary N) is 1. The number of hydrogen-bond acceptors (Lipinski definition) is 4. The Labute approximate surface area is 128 Å². The van der Waals surface area contributed by atoms with Gasteiger partial charge in [-0.05, 0) is 30.4 Å². The molecule has 0 spiro atoms. The summed E-state index contributed by atoms with van der Waals surface area (Å²) in [6.07, 6.45) is 1.08. The van der Waals surface area contributed by atoms with Crippen LogP contribution in [0.1, 0.15) is 23.7 Å². The molecule has 0 aromatic heterocycles. The fourth-order valence-electron chi connectivity index (χ4n) is 2.16. The quantitative estimate of drug-likeness (QED) is 0.851. The van der Waals surface area contributed by atoms with E-state index in [1.807, 2.05) is 0 Å². The summed E-state index contributed by atoms with van der Waals surface area (Å²) < 4.78 is 28.2. The first-order chi connectivity index (χ1) is 9.74. The van der Waals surface area contributed by atoms with Crippen molar-refractivity contribution < 1.29 is 17.9 Å². The Hall–Kier alpha value is -1.31. The van der Waals surface area contributed by atoms with Crippen molar-refractivity contribution in [2.45, 2.75) is 18.2 Å². The third-order valence-electron chi connectivity index (χ3n) is 3.58. The average Bonchev–Trinajstić information content (AvgIpc) is 3.10. The van der Waals surface area contributed by atoms with Crippen LogP contribution >= 0.6 is 11.6 Å². The van der Waals surface area contributed by atoms with E-state index in [2.05, 4.69) is 12.2 Å². The lowest BCUT2D eigenvalue weighted by Gasteiger charge is -2.13. The van der Waals surface area contributed by atoms with Crippen LogP contribution in [-0.4, -0.2) is 28.0 Å². The zero-order chi connectivity index (χ0) is 15.8. The second kappa shape index (κ2) is 5.82. The van der Waals surface area contributed by atoms with E-state index in [1.54, 1.807) is 0 Å². The Balaban J connectivity index is 2.33. The highest BCUT2D eigenvalue weighted by Gasteiger charge is 2.33. The topological polar surface area (TPSA) is 98.5 Å². The molecule has 2 atom stereocenters. The molecule has 2 unspecified atom stereocenters. The maximum absolute atomic E-state index is 12.2. The average molecular weight is 333 g/mol. The van der Waals surface area contributed by atoms with Gasteiger partial charge in [-0.3, -0.25) is 4.79 Å². The normalized spacial score (nSPS) is 21.0. The van der Waals surface area contributed by atoms with Crippen LogP contribution < -0.4 is 15.2 Å². The van der Waals surface area contributed by atoms with Gasteiger partial charge in [0.05, 0.1) is 12.7 Å². The highest BCUT2D eigenvalue weighted by atomic mass is 35.5. The van der Waals surface area contributed by atoms with Gasteiger partial charge >= 0.3 is 0 Å². The first kappa shape index (κ1) is 16.1. The van der Waals surface area contributed by atoms with Crippen LogP contribution in [0, 0.1) is 11.8 Å². The summed E-state index contributed by atoms with van der Waals surface area (Å²) in [6, 6.07) is 2.52. The lowest BCUT2D eigenvalue weighted by molar-refractivity contribution is 0.0948. The number of nitrogens with two attached hydrogens (primary N) is 1. The molecule has 21 heavy (non-hydrogen) atoms. The number of benzene rings is 1. The van der Waals surface area contributed by atoms with E-state index in [4.69, 9.17) is 21.5 Å². The molecule has 1 saturated carbocycles. The van der Waals surface area contributed by atoms with E-state index < -0.39 is 15.9 Å². The van der Waals surface area contributed by atoms with Crippen LogP contribution in [0.25, 0.3) is 0 Å². The van der Waals surface area contributed by atoms with E-state index >= 15 is 0 Å². The van der Waals surface area contributed by atoms with Gasteiger partial charge in [0.2, 0.25) is 10.0 Å². The summed E-state index contributed by atoms with van der Waals surface area (Å²) in [5.41, 5.74) is 0.0577. The lowest BCUT2D eigenvalue weighted by Crippen LogP contribution is -2.27. The first-order valence-corrected chi connectivity index (χ1v) is 8.35. The molecular weight excluding hydrogens is 316 g/mol. The van der Waals surface area contributed by atoms with Crippen LogP contribution in [0.4, 0.5) is 0 Å². The summed E-state index contributed by atoms with van der Waals surface area (Å²) in [5.74, 6) is 0.546. The van der Waals surface area contributed by atoms with Crippen LogP contribution in [-0.2, 0) is 10.0 Å². The summed E-state index contributed by atoms with van der Waals surface area (Å²) in [4.78, 5) is 11.9. The Morgan fingerprint density at radius 1 is 1.52 bits per heavy atom. The van der Waals surface area contributed by atoms with Crippen molar-refractivity contribution in [2.24, 2.45) is 17.0 Å². The molecule has 1 aliphatic rings. The maximum Gasteiger partial charge on any atom is 0.255 e. The molecule has 1 aromatic carbocycles. The second-order valence-corrected chi connectivity index (χ2v) is 7.18. The monoisotopic (exact) mass is 332 g/mol. The zero-order valence-corrected chi connectivity index (χ0v) is 13.3. The minimum atomic E-state index is -4.04. The number of methoxy groups -OCH3 is 1. The third-order valence-corrected chi connectivity index (χ3v) is 4.71. The lowest BCUT2D eigenvalue weighted by atomic mass is 10.2. The molecule has 1 aliphatic carbocycles. The number of carbonyl (C=O) groups is 1. The Morgan fingerprint density at radius 3 is 2.62 bits per heavy atom. The van der Waals surface area contributed by atoms with Gasteiger partial charge in [0, 0.05) is 11.6 Å². The Kier molecular flexibility index (Phi) is 4.46. The van der Waals surface area contributed by atoms with Gasteiger partial charge in [0.15, 0.2) is 5.75 Å². The van der Waals surface area contributed by atoms with Gasteiger partial charge in [-0.1, -0.05) is 18.5 Å². The van der Waals surface area contributed by atoms with Gasteiger partial charge in [-0.15, -0.1) is 0 Å². The SMILES string of the molecule is COc1c(C(=O)NCC2CC2C)cc(Cl)cc1S(N)(=O)=O. The van der Waals surface area contributed by atoms with Gasteiger partial charge in [0.25, 0.3) is 5.91 Å². The number of primary sulfonamides is 1. The minimum absolute atomic E-state index is 0.0577. The standard InChI is InChI=1S/C13H17ClN2O4S/c1-7-3-8(7)6-16-13(17)10-4-9(14)5-11(12(10)20-2)21(15,18)19/h4-5,7-8H,3,6H2,1-2H3,(H,16,17)(H2,15,18,19). The van der Waals surface area contributed by atoms with Gasteiger partial charge < -0.3 is 10.1 Å². The predicted molar refractivity (Wildman–Crippen MR) is 79.0 cm³/mol. The molecule has 1 amide bonds. The molecule has 3 N–H and O–H groups in total. The van der Waals surface area contributed by atoms with Crippen LogP contribution in [0.2, 0.25) is 5.02 Å². The number of carbonyl (C=O) groups excluding carboxylic acids is 1. The van der Waals surface area contributed by atoms with Crippen molar-refractivity contribution in [3.8, 4) is 5.75 Å². The number of rotatable bonds is 5. The number of hydrogen-bond donors (Lipinski definition) is 2. The number of amides is 1. The van der Waals surface area contributed by atoms with Crippen LogP contribution in [0.5, 0.6) is 5.75 Å². The fraction of sp³-hybridized carbons (Fsp3) is 0.462. The summed E-state index contributed by atoms with van der Waals surface area (Å²) in [6.45, 7) is 2.65. The molecule has 116 valence electrons. The van der Waals surface area contributed by atoms with E-state index in [0.717, 1.165) is 12.5 Å². The van der Waals surface area contributed by atoms with Gasteiger partial charge in [-0.25, -0.2) is 13.6 Å². The van der Waals surface area contributed by atoms with Crippen molar-refractivity contribution in [3.63, 3.8) is 0 Å². The smallest absolute Gasteiger partial charge is 0.255 e. The van der Waals surface area contributed by atoms with E-state index in [1.165, 1.54) is 13.2 Å². The third kappa shape index (κ3) is 3.66. The highest BCUT2D eigenvalue weighted by molar-refractivity contribution is 7.89. The molecule has 0 bridgehead atoms. The first-order valence-electron chi connectivity index (χ1n) is 6.42. The molecule has 0 saturated heterocycles. The molecule has 6 nitrogen and oxygen atoms in total. The molecule has 8 heteroatoms. The van der Waals surface area contributed by atoms with E-state index in [9.17, 15) is 13.2 Å². The molecule has 0 radical (unpaired) electrons. The van der Waals surface area contributed by atoms with Crippen molar-refractivity contribution in [2.75, 3.05) is 13.7 Å². The fourth-order valence-corrected chi connectivity index (χ4v) is 3.19. The molecule has 0 heterocycles. The summed E-state index contributed by atoms with van der Waals surface area (Å²) in [5, 5.41) is 7.98. The van der Waals surface area contributed by atoms with E-state index in [0.29, 0.717) is 18.4 Å². The highest BCUT2D eigenvalue weighted by Crippen LogP contribution is 2.37. The van der Waals surface area contributed by atoms with Crippen molar-refractivity contribution >= 4 is 27.5 Å². The van der Waals surface area contributed by atoms with Gasteiger partial charge in [0.1, 0.15) is 4.90 Å². The Morgan fingerprint density at radius 2 is 2.14 bits per heavy atom. The molecule has 0 aliphatic heterocycles. The summed E-state index contributed by atoms with van der Waals surface area (Å²) >= 11 is 5.87. The van der Waals surface area contributed by atoms with Gasteiger partial charge in [-0.2, -0.15) is 0 Å². The Bertz CT molecular complexity index is 675. The largest absolute Gasteiger partial charge is 0.494 e. The predicted octanol–water partition coefficient (Wildman–Crippen LogP) is 1.38. The number of halogens is 1. The number of sulfonamides is 1. The van der Waals surface area contributed by atoms with Crippen LogP contribution in [0.3, 0.4) is 0 Å². The van der Waals surface area contributed by atoms with Crippen LogP contribution in [0.15, 0.2) is 17.0 Å². The summed E-state index contributed by atoms with van der Waals surface area (Å²) in [7, 11) is -2.77. The van der Waals surface area contributed by atoms with E-state index in [-0.39, 0.29) is 21.2 Å². The zero-order valence-electron chi connectivity index (χ0n) is 11.7. The number of ether oxygens (including phenoxy) is 1. The molecule has 1 fully saturated rings. The van der Waals surface area contributed by atoms with Crippen molar-refractivity contribution in [1.29, 1.82) is 0 Å². The molecule has 1 aromatic rings. The minimum Gasteiger partial charge on any atom is -0.494 e. The van der Waals surface area contributed by atoms with Crippen molar-refractivity contribution in [3.05, 3.63) is 22.7 Å². The molecule has 2 rings (SSSR count).